The lowest BCUT2D eigenvalue weighted by Crippen LogP contribution is -2.23. The van der Waals surface area contributed by atoms with E-state index in [0.29, 0.717) is 6.61 Å². The predicted molar refractivity (Wildman–Crippen MR) is 107 cm³/mol. The van der Waals surface area contributed by atoms with E-state index in [1.54, 1.807) is 7.11 Å². The highest BCUT2D eigenvalue weighted by atomic mass is 16.5. The molecule has 0 saturated heterocycles. The van der Waals surface area contributed by atoms with Crippen molar-refractivity contribution in [2.24, 2.45) is 0 Å². The highest BCUT2D eigenvalue weighted by Gasteiger charge is 2.16. The van der Waals surface area contributed by atoms with Gasteiger partial charge in [0, 0.05) is 12.7 Å². The van der Waals surface area contributed by atoms with Gasteiger partial charge in [0.15, 0.2) is 0 Å². The third-order valence-corrected chi connectivity index (χ3v) is 4.94. The number of hydrogen-bond acceptors (Lipinski definition) is 4. The topological polar surface area (TPSA) is 43.4 Å². The number of methoxy groups -OCH3 is 1. The zero-order valence-corrected chi connectivity index (χ0v) is 15.8. The Morgan fingerprint density at radius 1 is 1.04 bits per heavy atom. The van der Waals surface area contributed by atoms with Crippen LogP contribution in [0.2, 0.25) is 0 Å². The van der Waals surface area contributed by atoms with Gasteiger partial charge in [-0.15, -0.1) is 0 Å². The number of aryl methyl sites for hydroxylation is 1. The molecule has 0 atom stereocenters. The van der Waals surface area contributed by atoms with Crippen molar-refractivity contribution in [1.82, 2.24) is 10.3 Å². The summed E-state index contributed by atoms with van der Waals surface area (Å²) in [6, 6.07) is 16.6. The van der Waals surface area contributed by atoms with Crippen LogP contribution in [0.3, 0.4) is 0 Å². The van der Waals surface area contributed by atoms with Crippen LogP contribution in [-0.4, -0.2) is 18.6 Å². The average Bonchev–Trinajstić information content (AvgIpc) is 2.71. The number of ether oxygens (including phenoxy) is 2. The van der Waals surface area contributed by atoms with Gasteiger partial charge in [-0.05, 0) is 72.5 Å². The van der Waals surface area contributed by atoms with Gasteiger partial charge in [0.2, 0.25) is 0 Å². The van der Waals surface area contributed by atoms with E-state index in [1.165, 1.54) is 16.7 Å². The van der Waals surface area contributed by atoms with Crippen molar-refractivity contribution >= 4 is 0 Å². The van der Waals surface area contributed by atoms with Crippen LogP contribution in [0.4, 0.5) is 0 Å². The van der Waals surface area contributed by atoms with Crippen LogP contribution in [0.5, 0.6) is 11.5 Å². The molecule has 4 heteroatoms. The standard InChI is InChI=1S/C23H24N2O2/c1-16-8-11-25-20(12-16)15-27-22-5-3-4-21(26-2)23(22)18-7-6-17-9-10-24-14-19(17)13-18/h3-8,11-13,24H,9-10,14-15H2,1-2H3. The molecule has 0 saturated carbocycles. The molecule has 0 amide bonds. The number of hydrogen-bond donors (Lipinski definition) is 1. The maximum atomic E-state index is 6.16. The Labute approximate surface area is 160 Å². The van der Waals surface area contributed by atoms with E-state index in [4.69, 9.17) is 9.47 Å². The Morgan fingerprint density at radius 2 is 1.93 bits per heavy atom. The zero-order valence-electron chi connectivity index (χ0n) is 15.8. The van der Waals surface area contributed by atoms with E-state index in [1.807, 2.05) is 36.5 Å². The molecule has 0 fully saturated rings. The molecule has 0 unspecified atom stereocenters. The summed E-state index contributed by atoms with van der Waals surface area (Å²) in [5.74, 6) is 1.62. The van der Waals surface area contributed by atoms with Crippen LogP contribution in [0.1, 0.15) is 22.4 Å². The maximum Gasteiger partial charge on any atom is 0.131 e. The number of aromatic nitrogens is 1. The van der Waals surface area contributed by atoms with E-state index in [0.717, 1.165) is 47.8 Å². The minimum atomic E-state index is 0.425. The van der Waals surface area contributed by atoms with Crippen LogP contribution in [0.25, 0.3) is 11.1 Å². The molecule has 4 rings (SSSR count). The second-order valence-corrected chi connectivity index (χ2v) is 6.86. The lowest BCUT2D eigenvalue weighted by molar-refractivity contribution is 0.300. The molecule has 2 heterocycles. The van der Waals surface area contributed by atoms with Crippen LogP contribution in [-0.2, 0) is 19.6 Å². The number of rotatable bonds is 5. The monoisotopic (exact) mass is 360 g/mol. The molecule has 0 spiro atoms. The third kappa shape index (κ3) is 3.81. The first-order valence-corrected chi connectivity index (χ1v) is 9.29. The van der Waals surface area contributed by atoms with E-state index < -0.39 is 0 Å². The Balaban J connectivity index is 1.69. The van der Waals surface area contributed by atoms with Crippen LogP contribution >= 0.6 is 0 Å². The summed E-state index contributed by atoms with van der Waals surface area (Å²) in [4.78, 5) is 4.39. The number of pyridine rings is 1. The first-order chi connectivity index (χ1) is 13.2. The van der Waals surface area contributed by atoms with Crippen molar-refractivity contribution in [3.63, 3.8) is 0 Å². The van der Waals surface area contributed by atoms with Gasteiger partial charge in [-0.25, -0.2) is 0 Å². The smallest absolute Gasteiger partial charge is 0.131 e. The summed E-state index contributed by atoms with van der Waals surface area (Å²) >= 11 is 0. The molecule has 3 aromatic rings. The lowest BCUT2D eigenvalue weighted by Gasteiger charge is -2.20. The normalized spacial score (nSPS) is 13.1. The molecule has 0 bridgehead atoms. The van der Waals surface area contributed by atoms with Crippen molar-refractivity contribution in [2.45, 2.75) is 26.5 Å². The molecule has 1 N–H and O–H groups in total. The fraction of sp³-hybridized carbons (Fsp3) is 0.261. The second-order valence-electron chi connectivity index (χ2n) is 6.86. The van der Waals surface area contributed by atoms with Gasteiger partial charge in [-0.1, -0.05) is 18.2 Å². The van der Waals surface area contributed by atoms with Crippen LogP contribution < -0.4 is 14.8 Å². The van der Waals surface area contributed by atoms with E-state index in [9.17, 15) is 0 Å². The Morgan fingerprint density at radius 3 is 2.78 bits per heavy atom. The minimum Gasteiger partial charge on any atom is -0.496 e. The Kier molecular flexibility index (Phi) is 5.07. The molecule has 4 nitrogen and oxygen atoms in total. The van der Waals surface area contributed by atoms with Gasteiger partial charge in [0.05, 0.1) is 18.4 Å². The van der Waals surface area contributed by atoms with E-state index in [2.05, 4.69) is 35.4 Å². The van der Waals surface area contributed by atoms with E-state index in [-0.39, 0.29) is 0 Å². The van der Waals surface area contributed by atoms with Gasteiger partial charge in [-0.2, -0.15) is 0 Å². The van der Waals surface area contributed by atoms with Gasteiger partial charge in [0.1, 0.15) is 18.1 Å². The molecule has 0 aliphatic carbocycles. The van der Waals surface area contributed by atoms with Crippen molar-refractivity contribution in [3.8, 4) is 22.6 Å². The Hall–Kier alpha value is -2.85. The number of nitrogens with one attached hydrogen (secondary N) is 1. The first-order valence-electron chi connectivity index (χ1n) is 9.29. The molecular formula is C23H24N2O2. The molecule has 27 heavy (non-hydrogen) atoms. The van der Waals surface area contributed by atoms with Gasteiger partial charge in [-0.3, -0.25) is 4.98 Å². The highest BCUT2D eigenvalue weighted by Crippen LogP contribution is 2.39. The molecule has 1 aliphatic heterocycles. The quantitative estimate of drug-likeness (QED) is 0.737. The highest BCUT2D eigenvalue weighted by molar-refractivity contribution is 5.77. The molecular weight excluding hydrogens is 336 g/mol. The predicted octanol–water partition coefficient (Wildman–Crippen LogP) is 4.29. The van der Waals surface area contributed by atoms with Gasteiger partial charge in [0.25, 0.3) is 0 Å². The zero-order chi connectivity index (χ0) is 18.6. The summed E-state index contributed by atoms with van der Waals surface area (Å²) in [7, 11) is 1.70. The summed E-state index contributed by atoms with van der Waals surface area (Å²) in [5, 5.41) is 3.44. The average molecular weight is 360 g/mol. The molecule has 1 aromatic heterocycles. The first kappa shape index (κ1) is 17.6. The van der Waals surface area contributed by atoms with Crippen molar-refractivity contribution in [1.29, 1.82) is 0 Å². The lowest BCUT2D eigenvalue weighted by atomic mass is 9.94. The number of fused-ring (bicyclic) bond motifs is 1. The largest absolute Gasteiger partial charge is 0.496 e. The van der Waals surface area contributed by atoms with Crippen molar-refractivity contribution in [3.05, 3.63) is 77.1 Å². The minimum absolute atomic E-state index is 0.425. The van der Waals surface area contributed by atoms with E-state index >= 15 is 0 Å². The second kappa shape index (κ2) is 7.80. The summed E-state index contributed by atoms with van der Waals surface area (Å²) in [5.41, 5.74) is 6.95. The fourth-order valence-corrected chi connectivity index (χ4v) is 3.55. The molecule has 0 radical (unpaired) electrons. The van der Waals surface area contributed by atoms with Gasteiger partial charge >= 0.3 is 0 Å². The number of benzene rings is 2. The fourth-order valence-electron chi connectivity index (χ4n) is 3.55. The maximum absolute atomic E-state index is 6.16. The molecule has 2 aromatic carbocycles. The SMILES string of the molecule is COc1cccc(OCc2cc(C)ccn2)c1-c1ccc2c(c1)CNCC2. The van der Waals surface area contributed by atoms with Crippen LogP contribution in [0, 0.1) is 6.92 Å². The summed E-state index contributed by atoms with van der Waals surface area (Å²) in [6.07, 6.45) is 2.89. The van der Waals surface area contributed by atoms with Crippen molar-refractivity contribution in [2.75, 3.05) is 13.7 Å². The number of nitrogens with zero attached hydrogens (tertiary/aromatic N) is 1. The summed E-state index contributed by atoms with van der Waals surface area (Å²) < 4.78 is 11.8. The molecule has 138 valence electrons. The van der Waals surface area contributed by atoms with Gasteiger partial charge < -0.3 is 14.8 Å². The Bertz CT molecular complexity index is 953. The van der Waals surface area contributed by atoms with Crippen LogP contribution in [0.15, 0.2) is 54.7 Å². The van der Waals surface area contributed by atoms with Crippen molar-refractivity contribution < 1.29 is 9.47 Å². The molecule has 1 aliphatic rings. The summed E-state index contributed by atoms with van der Waals surface area (Å²) in [6.45, 7) is 4.43. The third-order valence-electron chi connectivity index (χ3n) is 4.94.